The Labute approximate surface area is 152 Å². The van der Waals surface area contributed by atoms with Gasteiger partial charge in [0.25, 0.3) is 5.56 Å². The number of hydrogen-bond donors (Lipinski definition) is 1. The van der Waals surface area contributed by atoms with E-state index in [0.29, 0.717) is 6.04 Å². The van der Waals surface area contributed by atoms with E-state index in [1.165, 1.54) is 36.3 Å². The second-order valence-corrected chi connectivity index (χ2v) is 8.59. The molecule has 3 aliphatic heterocycles. The molecular formula is C19H26N4OS. The van der Waals surface area contributed by atoms with Gasteiger partial charge in [-0.1, -0.05) is 11.6 Å². The zero-order chi connectivity index (χ0) is 17.4. The van der Waals surface area contributed by atoms with Gasteiger partial charge in [0.05, 0.1) is 12.1 Å². The van der Waals surface area contributed by atoms with Crippen LogP contribution in [0.3, 0.4) is 0 Å². The van der Waals surface area contributed by atoms with Crippen LogP contribution in [0.15, 0.2) is 27.9 Å². The van der Waals surface area contributed by atoms with Crippen molar-refractivity contribution in [3.05, 3.63) is 39.3 Å². The molecule has 5 nitrogen and oxygen atoms in total. The van der Waals surface area contributed by atoms with E-state index in [9.17, 15) is 4.79 Å². The van der Waals surface area contributed by atoms with Gasteiger partial charge in [-0.15, -0.1) is 11.3 Å². The molecule has 2 bridgehead atoms. The molecule has 0 radical (unpaired) electrons. The molecule has 0 saturated carbocycles. The van der Waals surface area contributed by atoms with Crippen molar-refractivity contribution in [3.63, 3.8) is 0 Å². The summed E-state index contributed by atoms with van der Waals surface area (Å²) in [6.07, 6.45) is 4.94. The average molecular weight is 359 g/mol. The minimum absolute atomic E-state index is 0.00187. The Morgan fingerprint density at radius 3 is 3.08 bits per heavy atom. The van der Waals surface area contributed by atoms with Crippen molar-refractivity contribution in [2.45, 2.75) is 39.3 Å². The first-order valence-corrected chi connectivity index (χ1v) is 10.0. The number of thiophene rings is 1. The summed E-state index contributed by atoms with van der Waals surface area (Å²) in [5.41, 5.74) is 2.22. The molecule has 0 unspecified atom stereocenters. The standard InChI is InChI=1S/C19H26N4OS/c1-13(2)5-7-23-10-14-3-4-15(23)11-22(9-14)12-17-20-16-6-8-25-18(16)19(24)21-17/h5-6,8,14-15H,3-4,7,9-12H2,1-2H3,(H,20,21,24)/t14-,15+/m1/s1. The Bertz CT molecular complexity index is 835. The molecule has 25 heavy (non-hydrogen) atoms. The summed E-state index contributed by atoms with van der Waals surface area (Å²) in [7, 11) is 0. The molecular weight excluding hydrogens is 332 g/mol. The normalized spacial score (nSPS) is 24.6. The smallest absolute Gasteiger partial charge is 0.268 e. The van der Waals surface area contributed by atoms with E-state index < -0.39 is 0 Å². The van der Waals surface area contributed by atoms with Crippen LogP contribution >= 0.6 is 11.3 Å². The second-order valence-electron chi connectivity index (χ2n) is 7.67. The first-order chi connectivity index (χ1) is 12.1. The summed E-state index contributed by atoms with van der Waals surface area (Å²) in [4.78, 5) is 25.0. The maximum Gasteiger partial charge on any atom is 0.268 e. The first-order valence-electron chi connectivity index (χ1n) is 9.14. The number of H-pyrrole nitrogens is 1. The number of hydrogen-bond acceptors (Lipinski definition) is 5. The molecule has 6 heteroatoms. The number of aromatic nitrogens is 2. The lowest BCUT2D eigenvalue weighted by molar-refractivity contribution is 0.146. The van der Waals surface area contributed by atoms with Gasteiger partial charge >= 0.3 is 0 Å². The minimum Gasteiger partial charge on any atom is -0.308 e. The molecule has 5 heterocycles. The number of allylic oxidation sites excluding steroid dienone is 1. The lowest BCUT2D eigenvalue weighted by Crippen LogP contribution is -2.43. The summed E-state index contributed by atoms with van der Waals surface area (Å²) in [6, 6.07) is 2.55. The zero-order valence-electron chi connectivity index (χ0n) is 15.0. The number of nitrogens with one attached hydrogen (secondary N) is 1. The van der Waals surface area contributed by atoms with Crippen LogP contribution in [-0.2, 0) is 6.54 Å². The summed E-state index contributed by atoms with van der Waals surface area (Å²) in [6.45, 7) is 9.51. The van der Waals surface area contributed by atoms with Crippen molar-refractivity contribution in [3.8, 4) is 0 Å². The molecule has 0 spiro atoms. The topological polar surface area (TPSA) is 52.2 Å². The van der Waals surface area contributed by atoms with Crippen LogP contribution in [0.2, 0.25) is 0 Å². The average Bonchev–Trinajstić information content (AvgIpc) is 2.88. The molecule has 134 valence electrons. The van der Waals surface area contributed by atoms with Crippen LogP contribution in [0.5, 0.6) is 0 Å². The predicted molar refractivity (Wildman–Crippen MR) is 103 cm³/mol. The van der Waals surface area contributed by atoms with E-state index >= 15 is 0 Å². The van der Waals surface area contributed by atoms with Crippen LogP contribution < -0.4 is 5.56 Å². The van der Waals surface area contributed by atoms with Crippen LogP contribution in [0.25, 0.3) is 10.2 Å². The number of piperidine rings is 1. The molecule has 0 amide bonds. The number of fused-ring (bicyclic) bond motifs is 5. The lowest BCUT2D eigenvalue weighted by Gasteiger charge is -2.35. The van der Waals surface area contributed by atoms with Gasteiger partial charge in [-0.25, -0.2) is 4.98 Å². The highest BCUT2D eigenvalue weighted by Gasteiger charge is 2.34. The van der Waals surface area contributed by atoms with E-state index in [-0.39, 0.29) is 5.56 Å². The Morgan fingerprint density at radius 2 is 2.24 bits per heavy atom. The van der Waals surface area contributed by atoms with E-state index in [0.717, 1.165) is 48.1 Å². The van der Waals surface area contributed by atoms with Gasteiger partial charge in [0, 0.05) is 32.2 Å². The van der Waals surface area contributed by atoms with Gasteiger partial charge in [0.1, 0.15) is 10.5 Å². The monoisotopic (exact) mass is 358 g/mol. The Balaban J connectivity index is 1.50. The number of rotatable bonds is 4. The molecule has 2 aromatic rings. The quantitative estimate of drug-likeness (QED) is 0.854. The first kappa shape index (κ1) is 16.9. The summed E-state index contributed by atoms with van der Waals surface area (Å²) < 4.78 is 0.729. The Hall–Kier alpha value is -1.50. The van der Waals surface area contributed by atoms with Crippen molar-refractivity contribution < 1.29 is 0 Å². The van der Waals surface area contributed by atoms with Crippen LogP contribution in [0, 0.1) is 5.92 Å². The van der Waals surface area contributed by atoms with Crippen LogP contribution in [0.1, 0.15) is 32.5 Å². The molecule has 2 aromatic heterocycles. The third-order valence-corrected chi connectivity index (χ3v) is 6.28. The van der Waals surface area contributed by atoms with E-state index in [4.69, 9.17) is 0 Å². The van der Waals surface area contributed by atoms with Gasteiger partial charge in [0.15, 0.2) is 0 Å². The van der Waals surface area contributed by atoms with E-state index in [1.54, 1.807) is 0 Å². The highest BCUT2D eigenvalue weighted by Crippen LogP contribution is 2.28. The molecule has 3 saturated heterocycles. The lowest BCUT2D eigenvalue weighted by atomic mass is 9.95. The fourth-order valence-electron chi connectivity index (χ4n) is 4.14. The number of aromatic amines is 1. The van der Waals surface area contributed by atoms with Crippen molar-refractivity contribution in [1.82, 2.24) is 19.8 Å². The molecule has 3 fully saturated rings. The van der Waals surface area contributed by atoms with Crippen molar-refractivity contribution in [2.75, 3.05) is 26.2 Å². The fourth-order valence-corrected chi connectivity index (χ4v) is 4.86. The molecule has 1 N–H and O–H groups in total. The van der Waals surface area contributed by atoms with Gasteiger partial charge in [0.2, 0.25) is 0 Å². The van der Waals surface area contributed by atoms with Crippen LogP contribution in [-0.4, -0.2) is 52.0 Å². The van der Waals surface area contributed by atoms with Crippen LogP contribution in [0.4, 0.5) is 0 Å². The summed E-state index contributed by atoms with van der Waals surface area (Å²) >= 11 is 1.46. The van der Waals surface area contributed by atoms with Crippen molar-refractivity contribution >= 4 is 21.6 Å². The maximum absolute atomic E-state index is 12.2. The molecule has 5 rings (SSSR count). The van der Waals surface area contributed by atoms with Gasteiger partial charge in [-0.3, -0.25) is 14.6 Å². The zero-order valence-corrected chi connectivity index (χ0v) is 15.8. The minimum atomic E-state index is -0.00187. The molecule has 3 aliphatic rings. The molecule has 0 aromatic carbocycles. The predicted octanol–water partition coefficient (Wildman–Crippen LogP) is 2.85. The highest BCUT2D eigenvalue weighted by molar-refractivity contribution is 7.17. The van der Waals surface area contributed by atoms with Gasteiger partial charge < -0.3 is 4.98 Å². The van der Waals surface area contributed by atoms with Gasteiger partial charge in [-0.2, -0.15) is 0 Å². The van der Waals surface area contributed by atoms with Gasteiger partial charge in [-0.05, 0) is 44.1 Å². The second kappa shape index (κ2) is 7.02. The van der Waals surface area contributed by atoms with Crippen molar-refractivity contribution in [2.24, 2.45) is 5.92 Å². The third kappa shape index (κ3) is 3.71. The largest absolute Gasteiger partial charge is 0.308 e. The van der Waals surface area contributed by atoms with Crippen molar-refractivity contribution in [1.29, 1.82) is 0 Å². The van der Waals surface area contributed by atoms with E-state index in [2.05, 4.69) is 39.7 Å². The maximum atomic E-state index is 12.2. The SMILES string of the molecule is CC(C)=CCN1C[C@@H]2CC[C@H]1CN(Cc1nc3ccsc3c(=O)[nH]1)C2. The summed E-state index contributed by atoms with van der Waals surface area (Å²) in [5.74, 6) is 1.52. The van der Waals surface area contributed by atoms with E-state index in [1.807, 2.05) is 11.4 Å². The fraction of sp³-hybridized carbons (Fsp3) is 0.579. The highest BCUT2D eigenvalue weighted by atomic mass is 32.1. The summed E-state index contributed by atoms with van der Waals surface area (Å²) in [5, 5.41) is 1.93. The number of nitrogens with zero attached hydrogens (tertiary/aromatic N) is 3. The third-order valence-electron chi connectivity index (χ3n) is 5.37. The molecule has 0 aliphatic carbocycles. The Morgan fingerprint density at radius 1 is 1.36 bits per heavy atom. The Kier molecular flexibility index (Phi) is 4.75. The molecule has 2 atom stereocenters.